The quantitative estimate of drug-likeness (QED) is 0.686. The van der Waals surface area contributed by atoms with Gasteiger partial charge in [0, 0.05) is 23.5 Å². The van der Waals surface area contributed by atoms with Gasteiger partial charge in [-0.05, 0) is 61.4 Å². The van der Waals surface area contributed by atoms with Crippen LogP contribution in [0.1, 0.15) is 23.2 Å². The molecule has 1 amide bonds. The maximum absolute atomic E-state index is 12.3. The molecule has 0 radical (unpaired) electrons. The first-order valence-electron chi connectivity index (χ1n) is 9.71. The van der Waals surface area contributed by atoms with E-state index >= 15 is 0 Å². The molecule has 0 aliphatic carbocycles. The summed E-state index contributed by atoms with van der Waals surface area (Å²) in [7, 11) is 0. The molecular formula is C24H24N2O2. The molecule has 0 bridgehead atoms. The first-order chi connectivity index (χ1) is 13.8. The maximum Gasteiger partial charge on any atom is 0.255 e. The molecule has 4 heteroatoms. The predicted molar refractivity (Wildman–Crippen MR) is 113 cm³/mol. The molecule has 3 aromatic carbocycles. The van der Waals surface area contributed by atoms with Crippen LogP contribution in [0.25, 0.3) is 0 Å². The number of carbonyl (C=O) groups is 1. The van der Waals surface area contributed by atoms with E-state index in [1.165, 1.54) is 0 Å². The normalized spacial score (nSPS) is 16.4. The molecule has 1 atom stereocenters. The number of nitrogens with zero attached hydrogens (tertiary/aromatic N) is 1. The van der Waals surface area contributed by atoms with E-state index in [0.29, 0.717) is 5.56 Å². The number of hydrogen-bond donors (Lipinski definition) is 1. The Morgan fingerprint density at radius 3 is 2.29 bits per heavy atom. The van der Waals surface area contributed by atoms with Crippen molar-refractivity contribution < 1.29 is 9.53 Å². The molecule has 142 valence electrons. The van der Waals surface area contributed by atoms with Crippen molar-refractivity contribution in [2.75, 3.05) is 23.3 Å². The van der Waals surface area contributed by atoms with Gasteiger partial charge in [-0.25, -0.2) is 0 Å². The van der Waals surface area contributed by atoms with Crippen molar-refractivity contribution in [3.05, 3.63) is 90.5 Å². The van der Waals surface area contributed by atoms with Crippen LogP contribution in [0.2, 0.25) is 0 Å². The summed E-state index contributed by atoms with van der Waals surface area (Å²) in [6, 6.07) is 27.3. The Hall–Kier alpha value is -3.27. The van der Waals surface area contributed by atoms with Gasteiger partial charge in [0.05, 0.1) is 6.54 Å². The lowest BCUT2D eigenvalue weighted by molar-refractivity contribution is 0.102. The molecule has 0 spiro atoms. The Morgan fingerprint density at radius 1 is 0.893 bits per heavy atom. The fraction of sp³-hybridized carbons (Fsp3) is 0.208. The molecule has 1 fully saturated rings. The first-order valence-corrected chi connectivity index (χ1v) is 9.71. The minimum absolute atomic E-state index is 0.0948. The molecule has 0 aromatic heterocycles. The third kappa shape index (κ3) is 4.52. The minimum atomic E-state index is -0.0948. The van der Waals surface area contributed by atoms with Gasteiger partial charge in [0.1, 0.15) is 11.9 Å². The summed E-state index contributed by atoms with van der Waals surface area (Å²) in [5.41, 5.74) is 2.61. The smallest absolute Gasteiger partial charge is 0.255 e. The number of hydrogen-bond acceptors (Lipinski definition) is 3. The van der Waals surface area contributed by atoms with Gasteiger partial charge in [-0.2, -0.15) is 0 Å². The number of para-hydroxylation sites is 1. The van der Waals surface area contributed by atoms with Gasteiger partial charge in [0.2, 0.25) is 0 Å². The second-order valence-electron chi connectivity index (χ2n) is 7.01. The number of anilines is 2. The van der Waals surface area contributed by atoms with E-state index in [4.69, 9.17) is 4.74 Å². The molecule has 1 N–H and O–H groups in total. The van der Waals surface area contributed by atoms with Crippen molar-refractivity contribution >= 4 is 17.3 Å². The fourth-order valence-electron chi connectivity index (χ4n) is 3.51. The van der Waals surface area contributed by atoms with E-state index in [2.05, 4.69) is 22.3 Å². The Morgan fingerprint density at radius 2 is 1.57 bits per heavy atom. The van der Waals surface area contributed by atoms with Crippen molar-refractivity contribution in [3.8, 4) is 5.75 Å². The molecular weight excluding hydrogens is 348 g/mol. The Kier molecular flexibility index (Phi) is 5.57. The summed E-state index contributed by atoms with van der Waals surface area (Å²) in [5.74, 6) is 0.830. The van der Waals surface area contributed by atoms with Gasteiger partial charge in [0.25, 0.3) is 5.91 Å². The maximum atomic E-state index is 12.3. The topological polar surface area (TPSA) is 41.6 Å². The number of rotatable bonds is 5. The van der Waals surface area contributed by atoms with Crippen molar-refractivity contribution in [1.29, 1.82) is 0 Å². The summed E-state index contributed by atoms with van der Waals surface area (Å²) < 4.78 is 6.13. The number of nitrogens with one attached hydrogen (secondary N) is 1. The second kappa shape index (κ2) is 8.61. The lowest BCUT2D eigenvalue weighted by Crippen LogP contribution is -2.41. The summed E-state index contributed by atoms with van der Waals surface area (Å²) >= 11 is 0. The zero-order valence-electron chi connectivity index (χ0n) is 15.8. The summed E-state index contributed by atoms with van der Waals surface area (Å²) in [4.78, 5) is 14.6. The van der Waals surface area contributed by atoms with E-state index in [1.54, 1.807) is 0 Å². The fourth-order valence-corrected chi connectivity index (χ4v) is 3.51. The SMILES string of the molecule is O=C(Nc1ccc(N2CCCC(Oc3ccccc3)C2)cc1)c1ccccc1. The number of benzene rings is 3. The summed E-state index contributed by atoms with van der Waals surface area (Å²) in [5, 5.41) is 2.95. The molecule has 1 aliphatic rings. The molecule has 1 saturated heterocycles. The van der Waals surface area contributed by atoms with Gasteiger partial charge in [-0.1, -0.05) is 36.4 Å². The van der Waals surface area contributed by atoms with Crippen molar-refractivity contribution in [2.45, 2.75) is 18.9 Å². The Balaban J connectivity index is 1.37. The third-order valence-corrected chi connectivity index (χ3v) is 4.95. The van der Waals surface area contributed by atoms with Gasteiger partial charge < -0.3 is 15.0 Å². The van der Waals surface area contributed by atoms with E-state index in [9.17, 15) is 4.79 Å². The molecule has 1 unspecified atom stereocenters. The molecule has 0 saturated carbocycles. The van der Waals surface area contributed by atoms with Crippen LogP contribution in [0.4, 0.5) is 11.4 Å². The van der Waals surface area contributed by atoms with E-state index in [1.807, 2.05) is 72.8 Å². The highest BCUT2D eigenvalue weighted by atomic mass is 16.5. The standard InChI is InChI=1S/C24H24N2O2/c27-24(19-8-3-1-4-9-19)25-20-13-15-21(16-14-20)26-17-7-12-23(18-26)28-22-10-5-2-6-11-22/h1-6,8-11,13-16,23H,7,12,17-18H2,(H,25,27). The highest BCUT2D eigenvalue weighted by molar-refractivity contribution is 6.04. The van der Waals surface area contributed by atoms with Crippen molar-refractivity contribution in [3.63, 3.8) is 0 Å². The van der Waals surface area contributed by atoms with Crippen molar-refractivity contribution in [1.82, 2.24) is 0 Å². The second-order valence-corrected chi connectivity index (χ2v) is 7.01. The van der Waals surface area contributed by atoms with Gasteiger partial charge in [0.15, 0.2) is 0 Å². The average molecular weight is 372 g/mol. The number of ether oxygens (including phenoxy) is 1. The zero-order valence-corrected chi connectivity index (χ0v) is 15.8. The first kappa shape index (κ1) is 18.1. The van der Waals surface area contributed by atoms with Gasteiger partial charge >= 0.3 is 0 Å². The highest BCUT2D eigenvalue weighted by Gasteiger charge is 2.21. The molecule has 1 heterocycles. The predicted octanol–water partition coefficient (Wildman–Crippen LogP) is 4.99. The van der Waals surface area contributed by atoms with Crippen LogP contribution >= 0.6 is 0 Å². The lowest BCUT2D eigenvalue weighted by atomic mass is 10.1. The largest absolute Gasteiger partial charge is 0.489 e. The van der Waals surface area contributed by atoms with Crippen LogP contribution in [0.15, 0.2) is 84.9 Å². The van der Waals surface area contributed by atoms with Crippen LogP contribution in [-0.2, 0) is 0 Å². The monoisotopic (exact) mass is 372 g/mol. The molecule has 4 nitrogen and oxygen atoms in total. The highest BCUT2D eigenvalue weighted by Crippen LogP contribution is 2.24. The lowest BCUT2D eigenvalue weighted by Gasteiger charge is -2.34. The van der Waals surface area contributed by atoms with Gasteiger partial charge in [-0.3, -0.25) is 4.79 Å². The summed E-state index contributed by atoms with van der Waals surface area (Å²) in [6.45, 7) is 1.88. The van der Waals surface area contributed by atoms with E-state index < -0.39 is 0 Å². The van der Waals surface area contributed by atoms with Crippen LogP contribution in [0, 0.1) is 0 Å². The van der Waals surface area contributed by atoms with Crippen molar-refractivity contribution in [2.24, 2.45) is 0 Å². The van der Waals surface area contributed by atoms with Crippen LogP contribution in [-0.4, -0.2) is 25.1 Å². The zero-order chi connectivity index (χ0) is 19.2. The average Bonchev–Trinajstić information content (AvgIpc) is 2.76. The molecule has 3 aromatic rings. The molecule has 4 rings (SSSR count). The minimum Gasteiger partial charge on any atom is -0.489 e. The molecule has 28 heavy (non-hydrogen) atoms. The Bertz CT molecular complexity index is 895. The number of carbonyl (C=O) groups excluding carboxylic acids is 1. The van der Waals surface area contributed by atoms with Crippen LogP contribution in [0.3, 0.4) is 0 Å². The van der Waals surface area contributed by atoms with E-state index in [0.717, 1.165) is 43.1 Å². The third-order valence-electron chi connectivity index (χ3n) is 4.95. The molecule has 1 aliphatic heterocycles. The van der Waals surface area contributed by atoms with Crippen LogP contribution < -0.4 is 15.0 Å². The summed E-state index contributed by atoms with van der Waals surface area (Å²) in [6.07, 6.45) is 2.36. The Labute approximate surface area is 165 Å². The van der Waals surface area contributed by atoms with E-state index in [-0.39, 0.29) is 12.0 Å². The van der Waals surface area contributed by atoms with Crippen LogP contribution in [0.5, 0.6) is 5.75 Å². The number of piperidine rings is 1. The number of amides is 1. The van der Waals surface area contributed by atoms with Gasteiger partial charge in [-0.15, -0.1) is 0 Å².